The van der Waals surface area contributed by atoms with Crippen molar-refractivity contribution in [3.05, 3.63) is 0 Å². The molecule has 0 saturated heterocycles. The van der Waals surface area contributed by atoms with Crippen LogP contribution < -0.4 is 5.73 Å². The molecule has 0 aliphatic rings. The van der Waals surface area contributed by atoms with E-state index in [-0.39, 0.29) is 72.0 Å². The van der Waals surface area contributed by atoms with Gasteiger partial charge in [0.1, 0.15) is 6.04 Å². The summed E-state index contributed by atoms with van der Waals surface area (Å²) < 4.78 is 31.6. The van der Waals surface area contributed by atoms with Gasteiger partial charge in [0.15, 0.2) is 0 Å². The van der Waals surface area contributed by atoms with Gasteiger partial charge in [-0.25, -0.2) is 0 Å². The van der Waals surface area contributed by atoms with E-state index in [1.54, 1.807) is 0 Å². The molecule has 1 atom stereocenters. The SMILES string of the molecule is N[C@@H](CCC(=O)O)C(=O)O.O=S(=O)(O)O.[NaH].[NaH]. The molecule has 0 aromatic heterocycles. The van der Waals surface area contributed by atoms with Crippen LogP contribution >= 0.6 is 0 Å². The Hall–Kier alpha value is 0.770. The van der Waals surface area contributed by atoms with Crippen molar-refractivity contribution in [1.82, 2.24) is 0 Å². The summed E-state index contributed by atoms with van der Waals surface area (Å²) in [5.41, 5.74) is 5.00. The first-order chi connectivity index (χ1) is 6.54. The number of hydrogen-bond acceptors (Lipinski definition) is 5. The third kappa shape index (κ3) is 38.3. The van der Waals surface area contributed by atoms with Gasteiger partial charge in [-0.3, -0.25) is 18.7 Å². The van der Waals surface area contributed by atoms with E-state index in [2.05, 4.69) is 0 Å². The van der Waals surface area contributed by atoms with Gasteiger partial charge in [0, 0.05) is 6.42 Å². The normalized spacial score (nSPS) is 10.8. The molecule has 0 rings (SSSR count). The zero-order valence-corrected chi connectivity index (χ0v) is 8.22. The van der Waals surface area contributed by atoms with Crippen molar-refractivity contribution in [3.8, 4) is 0 Å². The minimum absolute atomic E-state index is 0. The van der Waals surface area contributed by atoms with E-state index < -0.39 is 28.4 Å². The van der Waals surface area contributed by atoms with Crippen LogP contribution in [0.25, 0.3) is 0 Å². The number of rotatable bonds is 4. The van der Waals surface area contributed by atoms with Crippen LogP contribution in [0.5, 0.6) is 0 Å². The fourth-order valence-corrected chi connectivity index (χ4v) is 0.402. The van der Waals surface area contributed by atoms with Gasteiger partial charge in [-0.15, -0.1) is 0 Å². The van der Waals surface area contributed by atoms with E-state index in [9.17, 15) is 9.59 Å². The Kier molecular flexibility index (Phi) is 20.5. The van der Waals surface area contributed by atoms with Crippen molar-refractivity contribution in [1.29, 1.82) is 0 Å². The van der Waals surface area contributed by atoms with Crippen molar-refractivity contribution in [2.45, 2.75) is 18.9 Å². The molecule has 0 bridgehead atoms. The Morgan fingerprint density at radius 3 is 1.59 bits per heavy atom. The Morgan fingerprint density at radius 1 is 1.12 bits per heavy atom. The molecular formula is C5H13NNa2O8S. The van der Waals surface area contributed by atoms with Gasteiger partial charge in [0.05, 0.1) is 0 Å². The molecule has 0 fully saturated rings. The molecule has 94 valence electrons. The van der Waals surface area contributed by atoms with Crippen LogP contribution in [-0.2, 0) is 20.0 Å². The van der Waals surface area contributed by atoms with Crippen LogP contribution in [0.15, 0.2) is 0 Å². The summed E-state index contributed by atoms with van der Waals surface area (Å²) in [6.45, 7) is 0. The second-order valence-electron chi connectivity index (χ2n) is 2.32. The number of carbonyl (C=O) groups is 2. The molecule has 12 heteroatoms. The topological polar surface area (TPSA) is 175 Å². The van der Waals surface area contributed by atoms with Crippen LogP contribution in [0.1, 0.15) is 12.8 Å². The molecule has 0 aromatic rings. The van der Waals surface area contributed by atoms with E-state index in [0.717, 1.165) is 0 Å². The van der Waals surface area contributed by atoms with E-state index >= 15 is 0 Å². The Morgan fingerprint density at radius 2 is 1.41 bits per heavy atom. The summed E-state index contributed by atoms with van der Waals surface area (Å²) in [5, 5.41) is 16.3. The number of aliphatic carboxylic acids is 2. The minimum atomic E-state index is -4.67. The first kappa shape index (κ1) is 26.4. The number of carboxylic acids is 2. The van der Waals surface area contributed by atoms with Gasteiger partial charge < -0.3 is 15.9 Å². The average molecular weight is 293 g/mol. The number of hydrogen-bond donors (Lipinski definition) is 5. The molecule has 6 N–H and O–H groups in total. The fourth-order valence-electron chi connectivity index (χ4n) is 0.402. The second kappa shape index (κ2) is 13.2. The zero-order chi connectivity index (χ0) is 12.6. The molecule has 0 saturated carbocycles. The molecule has 0 heterocycles. The van der Waals surface area contributed by atoms with Gasteiger partial charge in [-0.2, -0.15) is 8.42 Å². The van der Waals surface area contributed by atoms with Gasteiger partial charge in [-0.05, 0) is 6.42 Å². The molecule has 0 radical (unpaired) electrons. The molecule has 0 unspecified atom stereocenters. The molecule has 0 aliphatic carbocycles. The number of carboxylic acid groups (broad SMARTS) is 2. The predicted octanol–water partition coefficient (Wildman–Crippen LogP) is -2.69. The van der Waals surface area contributed by atoms with Crippen molar-refractivity contribution >= 4 is 81.5 Å². The van der Waals surface area contributed by atoms with E-state index in [0.29, 0.717) is 0 Å². The van der Waals surface area contributed by atoms with Crippen LogP contribution in [0, 0.1) is 0 Å². The van der Waals surface area contributed by atoms with E-state index in [1.807, 2.05) is 0 Å². The van der Waals surface area contributed by atoms with Gasteiger partial charge in [-0.1, -0.05) is 0 Å². The van der Waals surface area contributed by atoms with Crippen LogP contribution in [-0.4, -0.2) is 105 Å². The maximum absolute atomic E-state index is 9.99. The van der Waals surface area contributed by atoms with Gasteiger partial charge in [0.2, 0.25) is 0 Å². The summed E-state index contributed by atoms with van der Waals surface area (Å²) in [7, 11) is -4.67. The molecule has 0 aromatic carbocycles. The number of nitrogens with two attached hydrogens (primary N) is 1. The second-order valence-corrected chi connectivity index (χ2v) is 3.22. The van der Waals surface area contributed by atoms with E-state index in [4.69, 9.17) is 33.5 Å². The van der Waals surface area contributed by atoms with Crippen LogP contribution in [0.2, 0.25) is 0 Å². The third-order valence-electron chi connectivity index (χ3n) is 0.986. The van der Waals surface area contributed by atoms with Gasteiger partial charge in [0.25, 0.3) is 0 Å². The Bertz CT molecular complexity index is 310. The third-order valence-corrected chi connectivity index (χ3v) is 0.986. The quantitative estimate of drug-likeness (QED) is 0.273. The fraction of sp³-hybridized carbons (Fsp3) is 0.600. The van der Waals surface area contributed by atoms with Gasteiger partial charge >= 0.3 is 81.5 Å². The zero-order valence-electron chi connectivity index (χ0n) is 7.40. The average Bonchev–Trinajstić information content (AvgIpc) is 1.96. The van der Waals surface area contributed by atoms with Crippen LogP contribution in [0.4, 0.5) is 0 Å². The monoisotopic (exact) mass is 293 g/mol. The first-order valence-electron chi connectivity index (χ1n) is 3.44. The maximum atomic E-state index is 9.99. The molecule has 0 aliphatic heterocycles. The summed E-state index contributed by atoms with van der Waals surface area (Å²) in [4.78, 5) is 19.9. The molecule has 0 amide bonds. The molecule has 17 heavy (non-hydrogen) atoms. The molecule has 9 nitrogen and oxygen atoms in total. The molecule has 0 spiro atoms. The summed E-state index contributed by atoms with van der Waals surface area (Å²) in [5.74, 6) is -2.20. The van der Waals surface area contributed by atoms with E-state index in [1.165, 1.54) is 0 Å². The standard InChI is InChI=1S/C5H9NO4.2Na.H2O4S.2H/c6-3(5(9)10)1-2-4(7)8;;;1-5(2,3)4;;/h3H,1-2,6H2,(H,7,8)(H,9,10);;;(H2,1,2,3,4);;/t3-;;;;;/m0...../s1. The predicted molar refractivity (Wildman–Crippen MR) is 61.0 cm³/mol. The van der Waals surface area contributed by atoms with Crippen LogP contribution in [0.3, 0.4) is 0 Å². The van der Waals surface area contributed by atoms with Crippen molar-refractivity contribution < 1.29 is 37.3 Å². The summed E-state index contributed by atoms with van der Waals surface area (Å²) >= 11 is 0. The van der Waals surface area contributed by atoms with Crippen molar-refractivity contribution in [2.24, 2.45) is 5.73 Å². The Balaban J connectivity index is -0.000000105. The molecular weight excluding hydrogens is 280 g/mol. The first-order valence-corrected chi connectivity index (χ1v) is 4.83. The van der Waals surface area contributed by atoms with Crippen molar-refractivity contribution in [2.75, 3.05) is 0 Å². The summed E-state index contributed by atoms with van der Waals surface area (Å²) in [6, 6.07) is -1.06. The van der Waals surface area contributed by atoms with Crippen molar-refractivity contribution in [3.63, 3.8) is 0 Å². The summed E-state index contributed by atoms with van der Waals surface area (Å²) in [6.07, 6.45) is -0.224. The Labute approximate surface area is 142 Å².